The molecular weight excluding hydrogens is 344 g/mol. The van der Waals surface area contributed by atoms with Crippen LogP contribution in [0.4, 0.5) is 5.13 Å². The first-order valence-electron chi connectivity index (χ1n) is 8.94. The molecule has 2 aromatic carbocycles. The Labute approximate surface area is 155 Å². The molecule has 3 N–H and O–H groups in total. The molecule has 1 aromatic heterocycles. The fourth-order valence-electron chi connectivity index (χ4n) is 4.50. The molecule has 0 aliphatic carbocycles. The molecule has 132 valence electrons. The largest absolute Gasteiger partial charge is 0.375 e. The quantitative estimate of drug-likeness (QED) is 0.733. The van der Waals surface area contributed by atoms with Gasteiger partial charge in [0.1, 0.15) is 0 Å². The maximum absolute atomic E-state index is 13.5. The van der Waals surface area contributed by atoms with Crippen molar-refractivity contribution in [1.29, 1.82) is 0 Å². The van der Waals surface area contributed by atoms with Gasteiger partial charge in [0.05, 0.1) is 21.8 Å². The lowest BCUT2D eigenvalue weighted by Gasteiger charge is -2.28. The number of fused-ring (bicyclic) bond motifs is 2. The molecule has 26 heavy (non-hydrogen) atoms. The van der Waals surface area contributed by atoms with Gasteiger partial charge in [0.2, 0.25) is 0 Å². The van der Waals surface area contributed by atoms with Gasteiger partial charge in [0.15, 0.2) is 5.13 Å². The van der Waals surface area contributed by atoms with Crippen molar-refractivity contribution in [3.05, 3.63) is 59.7 Å². The number of benzene rings is 2. The van der Waals surface area contributed by atoms with E-state index in [1.807, 2.05) is 24.3 Å². The van der Waals surface area contributed by atoms with Crippen LogP contribution in [0.5, 0.6) is 0 Å². The number of carbonyl (C=O) groups is 1. The van der Waals surface area contributed by atoms with E-state index in [0.29, 0.717) is 22.5 Å². The Morgan fingerprint density at radius 3 is 2.85 bits per heavy atom. The van der Waals surface area contributed by atoms with Crippen LogP contribution in [-0.4, -0.2) is 35.4 Å². The molecule has 0 unspecified atom stereocenters. The molecule has 0 saturated carbocycles. The molecule has 3 aromatic rings. The Kier molecular flexibility index (Phi) is 3.69. The lowest BCUT2D eigenvalue weighted by atomic mass is 9.89. The van der Waals surface area contributed by atoms with Crippen LogP contribution in [0.25, 0.3) is 10.2 Å². The lowest BCUT2D eigenvalue weighted by molar-refractivity contribution is 0.0716. The summed E-state index contributed by atoms with van der Waals surface area (Å²) < 4.78 is 0.886. The van der Waals surface area contributed by atoms with E-state index in [1.54, 1.807) is 0 Å². The molecule has 2 fully saturated rings. The zero-order chi connectivity index (χ0) is 17.7. The van der Waals surface area contributed by atoms with Gasteiger partial charge in [0, 0.05) is 25.6 Å². The fourth-order valence-corrected chi connectivity index (χ4v) is 5.33. The number of nitrogens with one attached hydrogen (secondary N) is 1. The average molecular weight is 364 g/mol. The third-order valence-electron chi connectivity index (χ3n) is 5.63. The summed E-state index contributed by atoms with van der Waals surface area (Å²) >= 11 is 1.39. The van der Waals surface area contributed by atoms with Crippen molar-refractivity contribution in [1.82, 2.24) is 15.2 Å². The molecule has 2 aliphatic rings. The third kappa shape index (κ3) is 2.40. The predicted octanol–water partition coefficient (Wildman–Crippen LogP) is 2.91. The Morgan fingerprint density at radius 1 is 1.15 bits per heavy atom. The summed E-state index contributed by atoms with van der Waals surface area (Å²) in [7, 11) is 0. The molecule has 5 nitrogen and oxygen atoms in total. The van der Waals surface area contributed by atoms with Crippen LogP contribution < -0.4 is 11.1 Å². The van der Waals surface area contributed by atoms with Gasteiger partial charge in [-0.15, -0.1) is 0 Å². The first kappa shape index (κ1) is 15.8. The Morgan fingerprint density at radius 2 is 2.00 bits per heavy atom. The number of amides is 1. The molecule has 3 heterocycles. The highest BCUT2D eigenvalue weighted by atomic mass is 32.1. The molecule has 0 spiro atoms. The molecule has 2 saturated heterocycles. The highest BCUT2D eigenvalue weighted by Crippen LogP contribution is 2.43. The summed E-state index contributed by atoms with van der Waals surface area (Å²) in [5.41, 5.74) is 8.61. The van der Waals surface area contributed by atoms with Crippen molar-refractivity contribution in [2.24, 2.45) is 11.8 Å². The molecule has 0 bridgehead atoms. The number of nitrogens with two attached hydrogens (primary N) is 1. The summed E-state index contributed by atoms with van der Waals surface area (Å²) in [6, 6.07) is 16.2. The highest BCUT2D eigenvalue weighted by molar-refractivity contribution is 7.22. The van der Waals surface area contributed by atoms with Crippen molar-refractivity contribution >= 4 is 32.6 Å². The fraction of sp³-hybridized carbons (Fsp3) is 0.300. The van der Waals surface area contributed by atoms with E-state index in [4.69, 9.17) is 5.73 Å². The summed E-state index contributed by atoms with van der Waals surface area (Å²) in [6.45, 7) is 2.74. The molecule has 6 heteroatoms. The van der Waals surface area contributed by atoms with Crippen molar-refractivity contribution in [2.75, 3.05) is 25.4 Å². The number of hydrogen-bond donors (Lipinski definition) is 2. The van der Waals surface area contributed by atoms with Crippen LogP contribution in [0.3, 0.4) is 0 Å². The van der Waals surface area contributed by atoms with Gasteiger partial charge in [-0.05, 0) is 23.6 Å². The van der Waals surface area contributed by atoms with Gasteiger partial charge in [-0.3, -0.25) is 4.79 Å². The van der Waals surface area contributed by atoms with Gasteiger partial charge in [-0.2, -0.15) is 0 Å². The van der Waals surface area contributed by atoms with E-state index in [9.17, 15) is 4.79 Å². The smallest absolute Gasteiger partial charge is 0.255 e. The van der Waals surface area contributed by atoms with E-state index < -0.39 is 0 Å². The Bertz CT molecular complexity index is 970. The first-order chi connectivity index (χ1) is 12.7. The van der Waals surface area contributed by atoms with Gasteiger partial charge >= 0.3 is 0 Å². The number of carbonyl (C=O) groups excluding carboxylic acids is 1. The zero-order valence-corrected chi connectivity index (χ0v) is 15.1. The third-order valence-corrected chi connectivity index (χ3v) is 6.56. The van der Waals surface area contributed by atoms with Gasteiger partial charge in [-0.25, -0.2) is 4.98 Å². The molecule has 5 rings (SSSR count). The number of nitrogens with zero attached hydrogens (tertiary/aromatic N) is 2. The number of thiazole rings is 1. The van der Waals surface area contributed by atoms with E-state index in [-0.39, 0.29) is 11.9 Å². The van der Waals surface area contributed by atoms with Crippen LogP contribution in [0.2, 0.25) is 0 Å². The molecule has 2 aliphatic heterocycles. The standard InChI is InChI=1S/C20H20N4OS/c21-20-23-16-8-4-7-14(18(16)26-20)19(25)24-11-13-9-22-10-15(13)17(24)12-5-2-1-3-6-12/h1-8,13,15,17,22H,9-11H2,(H2,21,23)/t13-,15-,17+/m0/s1. The number of aromatic nitrogens is 1. The Balaban J connectivity index is 1.58. The number of nitrogen functional groups attached to an aromatic ring is 1. The van der Waals surface area contributed by atoms with Gasteiger partial charge in [0.25, 0.3) is 5.91 Å². The maximum atomic E-state index is 13.5. The molecule has 3 atom stereocenters. The van der Waals surface area contributed by atoms with Crippen molar-refractivity contribution in [2.45, 2.75) is 6.04 Å². The monoisotopic (exact) mass is 364 g/mol. The van der Waals surface area contributed by atoms with Crippen LogP contribution >= 0.6 is 11.3 Å². The molecule has 0 radical (unpaired) electrons. The van der Waals surface area contributed by atoms with Crippen LogP contribution in [-0.2, 0) is 0 Å². The lowest BCUT2D eigenvalue weighted by Crippen LogP contribution is -2.34. The highest BCUT2D eigenvalue weighted by Gasteiger charge is 2.47. The van der Waals surface area contributed by atoms with Gasteiger partial charge in [-0.1, -0.05) is 47.7 Å². The van der Waals surface area contributed by atoms with Crippen molar-refractivity contribution in [3.63, 3.8) is 0 Å². The van der Waals surface area contributed by atoms with E-state index >= 15 is 0 Å². The minimum Gasteiger partial charge on any atom is -0.375 e. The van der Waals surface area contributed by atoms with E-state index in [0.717, 1.165) is 29.9 Å². The predicted molar refractivity (Wildman–Crippen MR) is 104 cm³/mol. The van der Waals surface area contributed by atoms with Crippen LogP contribution in [0.1, 0.15) is 22.0 Å². The minimum atomic E-state index is 0.0857. The van der Waals surface area contributed by atoms with Gasteiger partial charge < -0.3 is 16.0 Å². The topological polar surface area (TPSA) is 71.2 Å². The second kappa shape index (κ2) is 6.07. The molecular formula is C20H20N4OS. The maximum Gasteiger partial charge on any atom is 0.255 e. The van der Waals surface area contributed by atoms with Crippen molar-refractivity contribution in [3.8, 4) is 0 Å². The number of anilines is 1. The second-order valence-electron chi connectivity index (χ2n) is 7.10. The average Bonchev–Trinajstić information content (AvgIpc) is 3.34. The minimum absolute atomic E-state index is 0.0857. The van der Waals surface area contributed by atoms with Crippen molar-refractivity contribution < 1.29 is 4.79 Å². The summed E-state index contributed by atoms with van der Waals surface area (Å²) in [6.07, 6.45) is 0. The first-order valence-corrected chi connectivity index (χ1v) is 9.75. The normalized spacial score (nSPS) is 24.9. The van der Waals surface area contributed by atoms with Crippen LogP contribution in [0.15, 0.2) is 48.5 Å². The van der Waals surface area contributed by atoms with Crippen LogP contribution in [0, 0.1) is 11.8 Å². The molecule has 1 amide bonds. The second-order valence-corrected chi connectivity index (χ2v) is 8.13. The van der Waals surface area contributed by atoms with E-state index in [1.165, 1.54) is 16.9 Å². The number of likely N-dealkylation sites (tertiary alicyclic amines) is 1. The SMILES string of the molecule is Nc1nc2cccc(C(=O)N3C[C@@H]4CNC[C@@H]4[C@H]3c3ccccc3)c2s1. The number of rotatable bonds is 2. The Hall–Kier alpha value is -2.44. The zero-order valence-electron chi connectivity index (χ0n) is 14.3. The number of hydrogen-bond acceptors (Lipinski definition) is 5. The van der Waals surface area contributed by atoms with E-state index in [2.05, 4.69) is 39.5 Å². The summed E-state index contributed by atoms with van der Waals surface area (Å²) in [5.74, 6) is 1.06. The summed E-state index contributed by atoms with van der Waals surface area (Å²) in [5, 5.41) is 4.00. The summed E-state index contributed by atoms with van der Waals surface area (Å²) in [4.78, 5) is 19.9.